The van der Waals surface area contributed by atoms with Gasteiger partial charge in [0.15, 0.2) is 0 Å². The van der Waals surface area contributed by atoms with Crippen LogP contribution in [-0.4, -0.2) is 4.98 Å². The van der Waals surface area contributed by atoms with Crippen LogP contribution in [0.5, 0.6) is 0 Å². The number of hydrogen-bond donors (Lipinski definition) is 2. The highest BCUT2D eigenvalue weighted by molar-refractivity contribution is 5.86. The Morgan fingerprint density at radius 3 is 2.75 bits per heavy atom. The monoisotopic (exact) mass is 262 g/mol. The summed E-state index contributed by atoms with van der Waals surface area (Å²) in [7, 11) is 0. The Morgan fingerprint density at radius 1 is 1.05 bits per heavy atom. The minimum Gasteiger partial charge on any atom is -0.378 e. The van der Waals surface area contributed by atoms with Crippen molar-refractivity contribution in [3.8, 4) is 0 Å². The minimum atomic E-state index is 0.379. The first kappa shape index (κ1) is 11.6. The van der Waals surface area contributed by atoms with E-state index in [9.17, 15) is 0 Å². The number of H-pyrrole nitrogens is 1. The normalized spacial score (nSPS) is 17.1. The number of aromatic nitrogens is 1. The van der Waals surface area contributed by atoms with Gasteiger partial charge in [-0.15, -0.1) is 0 Å². The average molecular weight is 262 g/mol. The van der Waals surface area contributed by atoms with Crippen molar-refractivity contribution >= 4 is 16.6 Å². The van der Waals surface area contributed by atoms with Gasteiger partial charge in [0.1, 0.15) is 0 Å². The number of benzene rings is 2. The molecule has 2 heteroatoms. The molecule has 0 radical (unpaired) electrons. The second kappa shape index (κ2) is 4.41. The molecule has 1 aliphatic rings. The Bertz CT molecular complexity index is 770. The van der Waals surface area contributed by atoms with Gasteiger partial charge >= 0.3 is 0 Å². The maximum absolute atomic E-state index is 3.72. The molecule has 2 N–H and O–H groups in total. The molecule has 2 nitrogen and oxygen atoms in total. The van der Waals surface area contributed by atoms with Crippen molar-refractivity contribution in [2.24, 2.45) is 0 Å². The fourth-order valence-electron chi connectivity index (χ4n) is 3.33. The predicted octanol–water partition coefficient (Wildman–Crippen LogP) is 4.64. The Morgan fingerprint density at radius 2 is 1.85 bits per heavy atom. The van der Waals surface area contributed by atoms with Crippen molar-refractivity contribution in [1.82, 2.24) is 4.98 Å². The molecule has 100 valence electrons. The third-order valence-corrected chi connectivity index (χ3v) is 4.30. The summed E-state index contributed by atoms with van der Waals surface area (Å²) in [4.78, 5) is 3.62. The Labute approximate surface area is 118 Å². The maximum atomic E-state index is 3.72. The van der Waals surface area contributed by atoms with Gasteiger partial charge in [0.2, 0.25) is 0 Å². The van der Waals surface area contributed by atoms with Crippen molar-refractivity contribution in [1.29, 1.82) is 0 Å². The highest BCUT2D eigenvalue weighted by Gasteiger charge is 2.23. The molecule has 1 atom stereocenters. The van der Waals surface area contributed by atoms with Crippen LogP contribution in [0.25, 0.3) is 10.9 Å². The number of para-hydroxylation sites is 2. The molecule has 0 amide bonds. The molecule has 0 bridgehead atoms. The standard InChI is InChI=1S/C18H18N2/c1-2-14-18-13-8-4-6-10-16(13)20-17(18)11-12-7-3-5-9-15(12)19-14/h3-10,14,19-20H,2,11H2,1H3. The van der Waals surface area contributed by atoms with E-state index in [1.807, 2.05) is 0 Å². The van der Waals surface area contributed by atoms with E-state index < -0.39 is 0 Å². The van der Waals surface area contributed by atoms with Crippen molar-refractivity contribution in [3.05, 3.63) is 65.4 Å². The Hall–Kier alpha value is -2.22. The smallest absolute Gasteiger partial charge is 0.0535 e. The molecule has 1 aromatic heterocycles. The summed E-state index contributed by atoms with van der Waals surface area (Å²) in [6.45, 7) is 2.25. The van der Waals surface area contributed by atoms with Gasteiger partial charge in [0.05, 0.1) is 6.04 Å². The number of fused-ring (bicyclic) bond motifs is 4. The molecule has 0 fully saturated rings. The SMILES string of the molecule is CCC1Nc2ccccc2Cc2[nH]c3ccccc3c21. The second-order valence-corrected chi connectivity index (χ2v) is 5.50. The van der Waals surface area contributed by atoms with Crippen LogP contribution in [0.2, 0.25) is 0 Å². The fraction of sp³-hybridized carbons (Fsp3) is 0.222. The van der Waals surface area contributed by atoms with Crippen LogP contribution >= 0.6 is 0 Å². The zero-order chi connectivity index (χ0) is 13.5. The van der Waals surface area contributed by atoms with E-state index in [4.69, 9.17) is 0 Å². The largest absolute Gasteiger partial charge is 0.378 e. The van der Waals surface area contributed by atoms with Crippen molar-refractivity contribution in [2.75, 3.05) is 5.32 Å². The average Bonchev–Trinajstić information content (AvgIpc) is 2.76. The molecule has 3 aromatic rings. The van der Waals surface area contributed by atoms with Gasteiger partial charge in [0, 0.05) is 34.3 Å². The second-order valence-electron chi connectivity index (χ2n) is 5.50. The van der Waals surface area contributed by atoms with Gasteiger partial charge in [-0.25, -0.2) is 0 Å². The minimum absolute atomic E-state index is 0.379. The molecular formula is C18H18N2. The lowest BCUT2D eigenvalue weighted by atomic mass is 10.00. The number of anilines is 1. The van der Waals surface area contributed by atoms with Gasteiger partial charge in [-0.1, -0.05) is 43.3 Å². The van der Waals surface area contributed by atoms with E-state index in [1.165, 1.54) is 33.4 Å². The molecule has 1 aliphatic heterocycles. The zero-order valence-electron chi connectivity index (χ0n) is 11.6. The van der Waals surface area contributed by atoms with Crippen LogP contribution in [0.3, 0.4) is 0 Å². The summed E-state index contributed by atoms with van der Waals surface area (Å²) in [5, 5.41) is 5.08. The lowest BCUT2D eigenvalue weighted by Crippen LogP contribution is -2.09. The summed E-state index contributed by atoms with van der Waals surface area (Å²) in [5.74, 6) is 0. The zero-order valence-corrected chi connectivity index (χ0v) is 11.6. The highest BCUT2D eigenvalue weighted by Crippen LogP contribution is 2.37. The number of nitrogens with one attached hydrogen (secondary N) is 2. The fourth-order valence-corrected chi connectivity index (χ4v) is 3.33. The van der Waals surface area contributed by atoms with E-state index in [2.05, 4.69) is 65.8 Å². The van der Waals surface area contributed by atoms with E-state index in [-0.39, 0.29) is 0 Å². The predicted molar refractivity (Wildman–Crippen MR) is 84.2 cm³/mol. The van der Waals surface area contributed by atoms with E-state index in [1.54, 1.807) is 0 Å². The van der Waals surface area contributed by atoms with Crippen LogP contribution in [0.15, 0.2) is 48.5 Å². The van der Waals surface area contributed by atoms with Crippen LogP contribution in [0.4, 0.5) is 5.69 Å². The summed E-state index contributed by atoms with van der Waals surface area (Å²) in [6.07, 6.45) is 2.06. The number of aromatic amines is 1. The van der Waals surface area contributed by atoms with Crippen LogP contribution in [0, 0.1) is 0 Å². The van der Waals surface area contributed by atoms with Crippen molar-refractivity contribution < 1.29 is 0 Å². The molecule has 1 unspecified atom stereocenters. The number of hydrogen-bond acceptors (Lipinski definition) is 1. The van der Waals surface area contributed by atoms with Crippen LogP contribution < -0.4 is 5.32 Å². The Kier molecular flexibility index (Phi) is 2.56. The van der Waals surface area contributed by atoms with Gasteiger partial charge in [-0.2, -0.15) is 0 Å². The highest BCUT2D eigenvalue weighted by atomic mass is 14.9. The van der Waals surface area contributed by atoms with Crippen molar-refractivity contribution in [2.45, 2.75) is 25.8 Å². The quantitative estimate of drug-likeness (QED) is 0.657. The third kappa shape index (κ3) is 1.64. The molecule has 4 rings (SSSR count). The molecule has 2 aromatic carbocycles. The summed E-state index contributed by atoms with van der Waals surface area (Å²) in [6, 6.07) is 17.6. The van der Waals surface area contributed by atoms with Crippen LogP contribution in [-0.2, 0) is 6.42 Å². The van der Waals surface area contributed by atoms with Gasteiger partial charge in [0.25, 0.3) is 0 Å². The van der Waals surface area contributed by atoms with Crippen molar-refractivity contribution in [3.63, 3.8) is 0 Å². The summed E-state index contributed by atoms with van der Waals surface area (Å²) in [5.41, 5.74) is 6.69. The van der Waals surface area contributed by atoms with Gasteiger partial charge < -0.3 is 10.3 Å². The molecule has 0 aliphatic carbocycles. The van der Waals surface area contributed by atoms with E-state index >= 15 is 0 Å². The van der Waals surface area contributed by atoms with E-state index in [0.717, 1.165) is 12.8 Å². The first-order valence-electron chi connectivity index (χ1n) is 7.30. The summed E-state index contributed by atoms with van der Waals surface area (Å²) < 4.78 is 0. The van der Waals surface area contributed by atoms with Gasteiger partial charge in [-0.3, -0.25) is 0 Å². The molecule has 0 saturated carbocycles. The Balaban J connectivity index is 1.97. The first-order valence-corrected chi connectivity index (χ1v) is 7.30. The van der Waals surface area contributed by atoms with Crippen LogP contribution in [0.1, 0.15) is 36.2 Å². The third-order valence-electron chi connectivity index (χ3n) is 4.30. The lowest BCUT2D eigenvalue weighted by Gasteiger charge is -2.17. The topological polar surface area (TPSA) is 27.8 Å². The molecule has 20 heavy (non-hydrogen) atoms. The molecular weight excluding hydrogens is 244 g/mol. The first-order chi connectivity index (χ1) is 9.86. The summed E-state index contributed by atoms with van der Waals surface area (Å²) >= 11 is 0. The molecule has 0 saturated heterocycles. The van der Waals surface area contributed by atoms with E-state index in [0.29, 0.717) is 6.04 Å². The van der Waals surface area contributed by atoms with Gasteiger partial charge in [-0.05, 0) is 24.1 Å². The number of rotatable bonds is 1. The lowest BCUT2D eigenvalue weighted by molar-refractivity contribution is 0.753. The molecule has 2 heterocycles. The maximum Gasteiger partial charge on any atom is 0.0535 e. The molecule has 0 spiro atoms.